The van der Waals surface area contributed by atoms with Crippen molar-refractivity contribution in [2.24, 2.45) is 5.14 Å². The summed E-state index contributed by atoms with van der Waals surface area (Å²) in [5.74, 6) is 0. The van der Waals surface area contributed by atoms with Crippen molar-refractivity contribution in [2.45, 2.75) is 30.6 Å². The monoisotopic (exact) mass is 263 g/mol. The Balaban J connectivity index is 2.60. The average molecular weight is 263 g/mol. The summed E-state index contributed by atoms with van der Waals surface area (Å²) >= 11 is 0. The van der Waals surface area contributed by atoms with Crippen LogP contribution in [0.5, 0.6) is 0 Å². The molecule has 1 aliphatic carbocycles. The third kappa shape index (κ3) is 2.40. The minimum Gasteiger partial charge on any atom is -0.225 e. The summed E-state index contributed by atoms with van der Waals surface area (Å²) in [6.07, 6.45) is 6.85. The largest absolute Gasteiger partial charge is 0.238 e. The van der Waals surface area contributed by atoms with Crippen molar-refractivity contribution >= 4 is 10.0 Å². The van der Waals surface area contributed by atoms with Gasteiger partial charge in [0.25, 0.3) is 0 Å². The number of allylic oxidation sites excluding steroid dienone is 4. The number of benzene rings is 1. The molecule has 0 aromatic heterocycles. The van der Waals surface area contributed by atoms with Gasteiger partial charge in [-0.3, -0.25) is 0 Å². The summed E-state index contributed by atoms with van der Waals surface area (Å²) in [4.78, 5) is 0.215. The van der Waals surface area contributed by atoms with E-state index in [1.165, 1.54) is 5.57 Å². The molecular weight excluding hydrogens is 246 g/mol. The maximum atomic E-state index is 11.7. The molecule has 0 saturated heterocycles. The Labute approximate surface area is 108 Å². The van der Waals surface area contributed by atoms with E-state index in [1.54, 1.807) is 12.1 Å². The van der Waals surface area contributed by atoms with E-state index in [0.29, 0.717) is 0 Å². The smallest absolute Gasteiger partial charge is 0.225 e. The Morgan fingerprint density at radius 2 is 1.94 bits per heavy atom. The molecule has 3 nitrogen and oxygen atoms in total. The molecule has 0 heterocycles. The van der Waals surface area contributed by atoms with Crippen molar-refractivity contribution in [2.75, 3.05) is 0 Å². The number of hydrogen-bond donors (Lipinski definition) is 1. The SMILES string of the molecule is CC1=CC=CC(C)(c2ccccc2S(N)(=O)=O)C1. The van der Waals surface area contributed by atoms with Gasteiger partial charge in [-0.15, -0.1) is 0 Å². The van der Waals surface area contributed by atoms with Crippen LogP contribution < -0.4 is 5.14 Å². The molecule has 2 rings (SSSR count). The molecule has 1 aliphatic rings. The van der Waals surface area contributed by atoms with Gasteiger partial charge in [0, 0.05) is 5.41 Å². The molecule has 0 bridgehead atoms. The van der Waals surface area contributed by atoms with Gasteiger partial charge < -0.3 is 0 Å². The van der Waals surface area contributed by atoms with Gasteiger partial charge in [0.2, 0.25) is 10.0 Å². The van der Waals surface area contributed by atoms with E-state index in [9.17, 15) is 8.42 Å². The van der Waals surface area contributed by atoms with Gasteiger partial charge in [-0.25, -0.2) is 13.6 Å². The lowest BCUT2D eigenvalue weighted by atomic mass is 9.75. The zero-order valence-corrected chi connectivity index (χ0v) is 11.4. The lowest BCUT2D eigenvalue weighted by Crippen LogP contribution is -2.26. The van der Waals surface area contributed by atoms with Crippen LogP contribution in [0, 0.1) is 0 Å². The first-order chi connectivity index (χ1) is 8.33. The van der Waals surface area contributed by atoms with E-state index in [-0.39, 0.29) is 10.3 Å². The number of hydrogen-bond acceptors (Lipinski definition) is 2. The zero-order chi connectivity index (χ0) is 13.4. The first-order valence-electron chi connectivity index (χ1n) is 5.80. The molecule has 1 aromatic carbocycles. The van der Waals surface area contributed by atoms with Gasteiger partial charge >= 0.3 is 0 Å². The third-order valence-corrected chi connectivity index (χ3v) is 4.27. The predicted molar refractivity (Wildman–Crippen MR) is 72.7 cm³/mol. The van der Waals surface area contributed by atoms with Gasteiger partial charge in [-0.2, -0.15) is 0 Å². The molecule has 2 N–H and O–H groups in total. The Morgan fingerprint density at radius 1 is 1.28 bits per heavy atom. The Hall–Kier alpha value is -1.39. The number of primary sulfonamides is 1. The van der Waals surface area contributed by atoms with Gasteiger partial charge in [0.1, 0.15) is 0 Å². The fraction of sp³-hybridized carbons (Fsp3) is 0.286. The second-order valence-corrected chi connectivity index (χ2v) is 6.54. The van der Waals surface area contributed by atoms with Crippen LogP contribution in [0.3, 0.4) is 0 Å². The predicted octanol–water partition coefficient (Wildman–Crippen LogP) is 2.50. The van der Waals surface area contributed by atoms with Crippen molar-refractivity contribution < 1.29 is 8.42 Å². The lowest BCUT2D eigenvalue weighted by Gasteiger charge is -2.30. The van der Waals surface area contributed by atoms with Crippen LogP contribution in [0.15, 0.2) is 53.0 Å². The third-order valence-electron chi connectivity index (χ3n) is 3.30. The van der Waals surface area contributed by atoms with Crippen molar-refractivity contribution in [1.29, 1.82) is 0 Å². The maximum absolute atomic E-state index is 11.7. The highest BCUT2D eigenvalue weighted by Crippen LogP contribution is 2.37. The molecule has 18 heavy (non-hydrogen) atoms. The van der Waals surface area contributed by atoms with E-state index in [1.807, 2.05) is 44.2 Å². The fourth-order valence-corrected chi connectivity index (χ4v) is 3.37. The van der Waals surface area contributed by atoms with Crippen LogP contribution in [0.2, 0.25) is 0 Å². The molecule has 1 atom stereocenters. The molecular formula is C14H17NO2S. The van der Waals surface area contributed by atoms with E-state index in [4.69, 9.17) is 5.14 Å². The number of rotatable bonds is 2. The summed E-state index contributed by atoms with van der Waals surface area (Å²) in [6, 6.07) is 6.94. The molecule has 0 radical (unpaired) electrons. The molecule has 0 aliphatic heterocycles. The Morgan fingerprint density at radius 3 is 2.56 bits per heavy atom. The van der Waals surface area contributed by atoms with Crippen LogP contribution >= 0.6 is 0 Å². The van der Waals surface area contributed by atoms with E-state index >= 15 is 0 Å². The first kappa shape index (κ1) is 13.1. The highest BCUT2D eigenvalue weighted by Gasteiger charge is 2.30. The highest BCUT2D eigenvalue weighted by atomic mass is 32.2. The zero-order valence-electron chi connectivity index (χ0n) is 10.6. The van der Waals surface area contributed by atoms with E-state index in [0.717, 1.165) is 12.0 Å². The highest BCUT2D eigenvalue weighted by molar-refractivity contribution is 7.89. The summed E-state index contributed by atoms with van der Waals surface area (Å²) in [5, 5.41) is 5.29. The maximum Gasteiger partial charge on any atom is 0.238 e. The standard InChI is InChI=1S/C14H17NO2S/c1-11-6-5-9-14(2,10-11)12-7-3-4-8-13(12)18(15,16)17/h3-9H,10H2,1-2H3,(H2,15,16,17). The van der Waals surface area contributed by atoms with Crippen LogP contribution in [-0.2, 0) is 15.4 Å². The minimum absolute atomic E-state index is 0.215. The molecule has 0 saturated carbocycles. The Bertz CT molecular complexity index is 629. The van der Waals surface area contributed by atoms with Crippen LogP contribution in [-0.4, -0.2) is 8.42 Å². The van der Waals surface area contributed by atoms with Crippen LogP contribution in [0.25, 0.3) is 0 Å². The minimum atomic E-state index is -3.69. The normalized spacial score (nSPS) is 23.8. The Kier molecular flexibility index (Phi) is 3.17. The molecule has 0 amide bonds. The summed E-state index contributed by atoms with van der Waals surface area (Å²) in [6.45, 7) is 4.07. The van der Waals surface area contributed by atoms with E-state index < -0.39 is 10.0 Å². The second kappa shape index (κ2) is 4.37. The van der Waals surface area contributed by atoms with Gasteiger partial charge in [-0.05, 0) is 25.0 Å². The summed E-state index contributed by atoms with van der Waals surface area (Å²) in [5.41, 5.74) is 1.67. The molecule has 0 fully saturated rings. The number of sulfonamides is 1. The topological polar surface area (TPSA) is 60.2 Å². The van der Waals surface area contributed by atoms with Crippen molar-refractivity contribution in [3.8, 4) is 0 Å². The average Bonchev–Trinajstić information content (AvgIpc) is 2.27. The van der Waals surface area contributed by atoms with Gasteiger partial charge in [0.15, 0.2) is 0 Å². The first-order valence-corrected chi connectivity index (χ1v) is 7.35. The van der Waals surface area contributed by atoms with E-state index in [2.05, 4.69) is 0 Å². The fourth-order valence-electron chi connectivity index (χ4n) is 2.49. The molecule has 0 spiro atoms. The molecule has 4 heteroatoms. The van der Waals surface area contributed by atoms with Gasteiger partial charge in [0.05, 0.1) is 4.90 Å². The summed E-state index contributed by atoms with van der Waals surface area (Å²) in [7, 11) is -3.69. The second-order valence-electron chi connectivity index (χ2n) is 5.01. The molecule has 1 unspecified atom stereocenters. The summed E-state index contributed by atoms with van der Waals surface area (Å²) < 4.78 is 23.3. The molecule has 1 aromatic rings. The molecule has 96 valence electrons. The quantitative estimate of drug-likeness (QED) is 0.891. The lowest BCUT2D eigenvalue weighted by molar-refractivity contribution is 0.557. The van der Waals surface area contributed by atoms with Crippen LogP contribution in [0.1, 0.15) is 25.8 Å². The van der Waals surface area contributed by atoms with Gasteiger partial charge in [-0.1, -0.05) is 48.9 Å². The van der Waals surface area contributed by atoms with Crippen molar-refractivity contribution in [3.63, 3.8) is 0 Å². The van der Waals surface area contributed by atoms with Crippen LogP contribution in [0.4, 0.5) is 0 Å². The number of nitrogens with two attached hydrogens (primary N) is 1. The van der Waals surface area contributed by atoms with Crippen molar-refractivity contribution in [3.05, 3.63) is 53.6 Å². The van der Waals surface area contributed by atoms with Crippen molar-refractivity contribution in [1.82, 2.24) is 0 Å².